The number of hydrogen-bond donors (Lipinski definition) is 1. The van der Waals surface area contributed by atoms with E-state index in [0.717, 1.165) is 12.0 Å². The van der Waals surface area contributed by atoms with E-state index in [1.165, 1.54) is 0 Å². The maximum atomic E-state index is 11.7. The molecule has 0 saturated carbocycles. The summed E-state index contributed by atoms with van der Waals surface area (Å²) in [5, 5.41) is 3.72. The van der Waals surface area contributed by atoms with Crippen molar-refractivity contribution in [2.24, 2.45) is 16.8 Å². The maximum Gasteiger partial charge on any atom is 0.266 e. The molecule has 0 aromatic carbocycles. The Balaban J connectivity index is 2.10. The van der Waals surface area contributed by atoms with Crippen molar-refractivity contribution in [1.82, 2.24) is 0 Å². The molecule has 5 nitrogen and oxygen atoms in total. The number of Topliss-reactive ketones (excluding diaryl/α,β-unsaturated/α-hetero) is 1. The number of oxime groups is 1. The number of carbonyl (C=O) groups excluding carboxylic acids is 2. The summed E-state index contributed by atoms with van der Waals surface area (Å²) in [6, 6.07) is 0. The predicted molar refractivity (Wildman–Crippen MR) is 62.2 cm³/mol. The van der Waals surface area contributed by atoms with Crippen molar-refractivity contribution in [1.29, 1.82) is 0 Å². The molecule has 0 fully saturated rings. The van der Waals surface area contributed by atoms with Gasteiger partial charge in [0.1, 0.15) is 11.3 Å². The lowest BCUT2D eigenvalue weighted by molar-refractivity contribution is -0.121. The van der Waals surface area contributed by atoms with Gasteiger partial charge in [-0.3, -0.25) is 9.59 Å². The molecule has 1 aliphatic carbocycles. The summed E-state index contributed by atoms with van der Waals surface area (Å²) in [6.07, 6.45) is 3.52. The highest BCUT2D eigenvalue weighted by Gasteiger charge is 2.44. The summed E-state index contributed by atoms with van der Waals surface area (Å²) < 4.78 is 0. The van der Waals surface area contributed by atoms with Gasteiger partial charge in [0.25, 0.3) is 5.91 Å². The Hall–Kier alpha value is -1.65. The fourth-order valence-corrected chi connectivity index (χ4v) is 2.27. The van der Waals surface area contributed by atoms with Crippen LogP contribution in [0.3, 0.4) is 0 Å². The Morgan fingerprint density at radius 2 is 2.35 bits per heavy atom. The number of ketones is 1. The van der Waals surface area contributed by atoms with Gasteiger partial charge in [0, 0.05) is 18.8 Å². The molecule has 0 aromatic rings. The van der Waals surface area contributed by atoms with Crippen molar-refractivity contribution in [2.45, 2.75) is 38.7 Å². The number of carbonyl (C=O) groups is 2. The van der Waals surface area contributed by atoms with Gasteiger partial charge in [0.15, 0.2) is 5.78 Å². The zero-order chi connectivity index (χ0) is 12.6. The monoisotopic (exact) mass is 236 g/mol. The molecular weight excluding hydrogens is 220 g/mol. The third-order valence-electron chi connectivity index (χ3n) is 3.61. The summed E-state index contributed by atoms with van der Waals surface area (Å²) in [4.78, 5) is 28.0. The molecule has 0 bridgehead atoms. The van der Waals surface area contributed by atoms with Gasteiger partial charge in [-0.05, 0) is 25.8 Å². The molecule has 0 unspecified atom stereocenters. The molecule has 1 amide bonds. The summed E-state index contributed by atoms with van der Waals surface area (Å²) >= 11 is 0. The summed E-state index contributed by atoms with van der Waals surface area (Å²) in [6.45, 7) is 3.70. The first-order valence-electron chi connectivity index (χ1n) is 5.67. The van der Waals surface area contributed by atoms with Crippen LogP contribution in [0.1, 0.15) is 33.1 Å². The molecular formula is C12H16N2O3. The predicted octanol–water partition coefficient (Wildman–Crippen LogP) is 0.932. The van der Waals surface area contributed by atoms with Crippen LogP contribution >= 0.6 is 0 Å². The Morgan fingerprint density at radius 1 is 1.65 bits per heavy atom. The van der Waals surface area contributed by atoms with Gasteiger partial charge in [-0.15, -0.1) is 0 Å². The van der Waals surface area contributed by atoms with Crippen molar-refractivity contribution in [3.8, 4) is 0 Å². The Kier molecular flexibility index (Phi) is 2.77. The van der Waals surface area contributed by atoms with E-state index in [4.69, 9.17) is 10.6 Å². The summed E-state index contributed by atoms with van der Waals surface area (Å²) in [5.41, 5.74) is 5.64. The molecule has 2 N–H and O–H groups in total. The van der Waals surface area contributed by atoms with Gasteiger partial charge in [0.2, 0.25) is 0 Å². The first-order chi connectivity index (χ1) is 7.92. The van der Waals surface area contributed by atoms with Gasteiger partial charge in [-0.1, -0.05) is 11.2 Å². The average molecular weight is 236 g/mol. The normalized spacial score (nSPS) is 32.8. The standard InChI is InChI=1S/C12H16N2O3/c1-7-3-4-8(5-10(7)15)12(2)6-9(11(13)16)14-17-12/h3,8H,4-6H2,1-2H3,(H2,13,16)/t8-,12+/m0/s1. The van der Waals surface area contributed by atoms with Gasteiger partial charge in [-0.2, -0.15) is 0 Å². The minimum absolute atomic E-state index is 0.0549. The zero-order valence-corrected chi connectivity index (χ0v) is 10.0. The number of hydrogen-bond acceptors (Lipinski definition) is 4. The number of nitrogens with zero attached hydrogens (tertiary/aromatic N) is 1. The highest BCUT2D eigenvalue weighted by atomic mass is 16.7. The van der Waals surface area contributed by atoms with Crippen LogP contribution in [-0.2, 0) is 14.4 Å². The molecule has 2 aliphatic rings. The van der Waals surface area contributed by atoms with Gasteiger partial charge in [0.05, 0.1) is 0 Å². The second kappa shape index (κ2) is 3.98. The number of rotatable bonds is 2. The number of amides is 1. The van der Waals surface area contributed by atoms with Crippen molar-refractivity contribution < 1.29 is 14.4 Å². The highest BCUT2D eigenvalue weighted by Crippen LogP contribution is 2.38. The molecule has 5 heteroatoms. The lowest BCUT2D eigenvalue weighted by Crippen LogP contribution is -2.39. The minimum Gasteiger partial charge on any atom is -0.388 e. The Bertz CT molecular complexity index is 439. The second-order valence-electron chi connectivity index (χ2n) is 4.93. The maximum absolute atomic E-state index is 11.7. The van der Waals surface area contributed by atoms with Crippen LogP contribution in [0.15, 0.2) is 16.8 Å². The highest BCUT2D eigenvalue weighted by molar-refractivity contribution is 6.38. The van der Waals surface area contributed by atoms with E-state index in [1.54, 1.807) is 0 Å². The van der Waals surface area contributed by atoms with Crippen LogP contribution in [0.25, 0.3) is 0 Å². The first kappa shape index (κ1) is 11.8. The van der Waals surface area contributed by atoms with Crippen LogP contribution < -0.4 is 5.73 Å². The van der Waals surface area contributed by atoms with E-state index in [0.29, 0.717) is 12.8 Å². The van der Waals surface area contributed by atoms with Crippen LogP contribution in [0, 0.1) is 5.92 Å². The average Bonchev–Trinajstić information content (AvgIpc) is 2.66. The van der Waals surface area contributed by atoms with E-state index < -0.39 is 11.5 Å². The van der Waals surface area contributed by atoms with Crippen LogP contribution in [0.2, 0.25) is 0 Å². The second-order valence-corrected chi connectivity index (χ2v) is 4.93. The quantitative estimate of drug-likeness (QED) is 0.774. The number of primary amides is 1. The van der Waals surface area contributed by atoms with E-state index in [9.17, 15) is 9.59 Å². The zero-order valence-electron chi connectivity index (χ0n) is 10.0. The van der Waals surface area contributed by atoms with E-state index in [-0.39, 0.29) is 17.4 Å². The Labute approximate surface area is 99.7 Å². The first-order valence-corrected chi connectivity index (χ1v) is 5.67. The molecule has 92 valence electrons. The fraction of sp³-hybridized carbons (Fsp3) is 0.583. The number of allylic oxidation sites excluding steroid dienone is 2. The van der Waals surface area contributed by atoms with Crippen molar-refractivity contribution in [2.75, 3.05) is 0 Å². The molecule has 0 spiro atoms. The lowest BCUT2D eigenvalue weighted by Gasteiger charge is -2.32. The smallest absolute Gasteiger partial charge is 0.266 e. The molecule has 1 heterocycles. The molecule has 2 rings (SSSR count). The van der Waals surface area contributed by atoms with Crippen LogP contribution in [0.4, 0.5) is 0 Å². The van der Waals surface area contributed by atoms with Crippen LogP contribution in [-0.4, -0.2) is 23.0 Å². The summed E-state index contributed by atoms with van der Waals surface area (Å²) in [7, 11) is 0. The topological polar surface area (TPSA) is 81.8 Å². The third-order valence-corrected chi connectivity index (χ3v) is 3.61. The van der Waals surface area contributed by atoms with E-state index in [1.807, 2.05) is 19.9 Å². The fourth-order valence-electron chi connectivity index (χ4n) is 2.27. The minimum atomic E-state index is -0.586. The SMILES string of the molecule is CC1=CC[C@H]([C@@]2(C)CC(C(N)=O)=NO2)CC1=O. The molecule has 1 aliphatic heterocycles. The van der Waals surface area contributed by atoms with Gasteiger partial charge >= 0.3 is 0 Å². The molecule has 0 radical (unpaired) electrons. The van der Waals surface area contributed by atoms with Crippen molar-refractivity contribution in [3.05, 3.63) is 11.6 Å². The van der Waals surface area contributed by atoms with E-state index in [2.05, 4.69) is 5.16 Å². The largest absolute Gasteiger partial charge is 0.388 e. The Morgan fingerprint density at radius 3 is 2.88 bits per heavy atom. The molecule has 17 heavy (non-hydrogen) atoms. The van der Waals surface area contributed by atoms with E-state index >= 15 is 0 Å². The molecule has 2 atom stereocenters. The third kappa shape index (κ3) is 2.09. The molecule has 0 aromatic heterocycles. The van der Waals surface area contributed by atoms with Crippen LogP contribution in [0.5, 0.6) is 0 Å². The van der Waals surface area contributed by atoms with Gasteiger partial charge < -0.3 is 10.6 Å². The van der Waals surface area contributed by atoms with Crippen molar-refractivity contribution >= 4 is 17.4 Å². The number of nitrogens with two attached hydrogens (primary N) is 1. The van der Waals surface area contributed by atoms with Gasteiger partial charge in [-0.25, -0.2) is 0 Å². The van der Waals surface area contributed by atoms with Crippen molar-refractivity contribution in [3.63, 3.8) is 0 Å². The summed E-state index contributed by atoms with van der Waals surface area (Å²) in [5.74, 6) is -0.361. The lowest BCUT2D eigenvalue weighted by atomic mass is 9.76. The molecule has 0 saturated heterocycles.